The van der Waals surface area contributed by atoms with Gasteiger partial charge >= 0.3 is 0 Å². The van der Waals surface area contributed by atoms with Crippen LogP contribution in [0.25, 0.3) is 0 Å². The average Bonchev–Trinajstić information content (AvgIpc) is 2.83. The Labute approximate surface area is 111 Å². The summed E-state index contributed by atoms with van der Waals surface area (Å²) < 4.78 is 1.70. The fraction of sp³-hybridized carbons (Fsp3) is 0.231. The molecule has 0 radical (unpaired) electrons. The number of carbonyl (C=O) groups is 1. The van der Waals surface area contributed by atoms with Crippen LogP contribution in [0.4, 0.5) is 5.69 Å². The van der Waals surface area contributed by atoms with Gasteiger partial charge in [0.1, 0.15) is 0 Å². The molecule has 0 aliphatic carbocycles. The molecule has 5 heteroatoms. The SMILES string of the molecule is CCn1cc(C(=O)Nc2cccc(C)c2Cl)cn1. The number of rotatable bonds is 3. The Morgan fingerprint density at radius 1 is 1.50 bits per heavy atom. The van der Waals surface area contributed by atoms with E-state index in [4.69, 9.17) is 11.6 Å². The third-order valence-corrected chi connectivity index (χ3v) is 3.16. The van der Waals surface area contributed by atoms with Gasteiger partial charge in [-0.2, -0.15) is 5.10 Å². The summed E-state index contributed by atoms with van der Waals surface area (Å²) in [7, 11) is 0. The van der Waals surface area contributed by atoms with Crippen LogP contribution in [-0.2, 0) is 6.54 Å². The number of anilines is 1. The number of aromatic nitrogens is 2. The lowest BCUT2D eigenvalue weighted by atomic mass is 10.2. The second-order valence-corrected chi connectivity index (χ2v) is 4.35. The van der Waals surface area contributed by atoms with Gasteiger partial charge in [-0.15, -0.1) is 0 Å². The van der Waals surface area contributed by atoms with Crippen molar-refractivity contribution in [2.75, 3.05) is 5.32 Å². The van der Waals surface area contributed by atoms with E-state index in [-0.39, 0.29) is 5.91 Å². The van der Waals surface area contributed by atoms with Crippen molar-refractivity contribution in [1.29, 1.82) is 0 Å². The molecule has 0 aliphatic heterocycles. The molecule has 2 aromatic rings. The minimum atomic E-state index is -0.206. The van der Waals surface area contributed by atoms with E-state index in [1.54, 1.807) is 23.1 Å². The van der Waals surface area contributed by atoms with Gasteiger partial charge in [0.05, 0.1) is 22.5 Å². The molecule has 0 spiro atoms. The van der Waals surface area contributed by atoms with Gasteiger partial charge in [-0.3, -0.25) is 9.48 Å². The zero-order chi connectivity index (χ0) is 13.1. The number of amides is 1. The van der Waals surface area contributed by atoms with Gasteiger partial charge in [0.15, 0.2) is 0 Å². The summed E-state index contributed by atoms with van der Waals surface area (Å²) >= 11 is 6.12. The summed E-state index contributed by atoms with van der Waals surface area (Å²) in [5.74, 6) is -0.206. The minimum absolute atomic E-state index is 0.206. The summed E-state index contributed by atoms with van der Waals surface area (Å²) in [6.07, 6.45) is 3.25. The van der Waals surface area contributed by atoms with Crippen LogP contribution in [0.5, 0.6) is 0 Å². The van der Waals surface area contributed by atoms with Crippen molar-refractivity contribution in [2.24, 2.45) is 0 Å². The van der Waals surface area contributed by atoms with E-state index in [0.717, 1.165) is 12.1 Å². The molecule has 1 aromatic carbocycles. The predicted octanol–water partition coefficient (Wildman–Crippen LogP) is 3.12. The van der Waals surface area contributed by atoms with Crippen molar-refractivity contribution in [3.63, 3.8) is 0 Å². The van der Waals surface area contributed by atoms with Crippen LogP contribution in [0.15, 0.2) is 30.6 Å². The van der Waals surface area contributed by atoms with Crippen molar-refractivity contribution >= 4 is 23.2 Å². The Kier molecular flexibility index (Phi) is 3.67. The van der Waals surface area contributed by atoms with E-state index >= 15 is 0 Å². The Bertz CT molecular complexity index is 577. The molecule has 1 aromatic heterocycles. The molecule has 1 N–H and O–H groups in total. The molecule has 0 saturated heterocycles. The van der Waals surface area contributed by atoms with Gasteiger partial charge in [-0.25, -0.2) is 0 Å². The molecule has 0 bridgehead atoms. The Morgan fingerprint density at radius 2 is 2.28 bits per heavy atom. The maximum atomic E-state index is 12.0. The molecule has 94 valence electrons. The maximum absolute atomic E-state index is 12.0. The smallest absolute Gasteiger partial charge is 0.258 e. The van der Waals surface area contributed by atoms with E-state index < -0.39 is 0 Å². The van der Waals surface area contributed by atoms with Crippen molar-refractivity contribution in [3.8, 4) is 0 Å². The van der Waals surface area contributed by atoms with Crippen LogP contribution in [0.1, 0.15) is 22.8 Å². The molecular weight excluding hydrogens is 250 g/mol. The normalized spacial score (nSPS) is 10.4. The van der Waals surface area contributed by atoms with Crippen LogP contribution in [-0.4, -0.2) is 15.7 Å². The third-order valence-electron chi connectivity index (χ3n) is 2.66. The lowest BCUT2D eigenvalue weighted by molar-refractivity contribution is 0.102. The molecule has 0 fully saturated rings. The summed E-state index contributed by atoms with van der Waals surface area (Å²) in [6, 6.07) is 5.52. The number of nitrogens with one attached hydrogen (secondary N) is 1. The summed E-state index contributed by atoms with van der Waals surface area (Å²) in [5.41, 5.74) is 2.07. The van der Waals surface area contributed by atoms with Crippen molar-refractivity contribution in [2.45, 2.75) is 20.4 Å². The summed E-state index contributed by atoms with van der Waals surface area (Å²) in [6.45, 7) is 4.59. The second kappa shape index (κ2) is 5.23. The van der Waals surface area contributed by atoms with Crippen LogP contribution in [0.3, 0.4) is 0 Å². The largest absolute Gasteiger partial charge is 0.321 e. The predicted molar refractivity (Wildman–Crippen MR) is 72.0 cm³/mol. The van der Waals surface area contributed by atoms with E-state index in [9.17, 15) is 4.79 Å². The first-order chi connectivity index (χ1) is 8.61. The first-order valence-electron chi connectivity index (χ1n) is 5.70. The standard InChI is InChI=1S/C13H14ClN3O/c1-3-17-8-10(7-15-17)13(18)16-11-6-4-5-9(2)12(11)14/h4-8H,3H2,1-2H3,(H,16,18). The van der Waals surface area contributed by atoms with Crippen LogP contribution in [0, 0.1) is 6.92 Å². The fourth-order valence-corrected chi connectivity index (χ4v) is 1.77. The van der Waals surface area contributed by atoms with Crippen molar-refractivity contribution in [3.05, 3.63) is 46.7 Å². The molecule has 2 rings (SSSR count). The number of carbonyl (C=O) groups excluding carboxylic acids is 1. The number of hydrogen-bond acceptors (Lipinski definition) is 2. The van der Waals surface area contributed by atoms with Crippen LogP contribution >= 0.6 is 11.6 Å². The van der Waals surface area contributed by atoms with E-state index in [2.05, 4.69) is 10.4 Å². The van der Waals surface area contributed by atoms with Crippen LogP contribution < -0.4 is 5.32 Å². The van der Waals surface area contributed by atoms with E-state index in [1.165, 1.54) is 0 Å². The highest BCUT2D eigenvalue weighted by molar-refractivity contribution is 6.34. The third kappa shape index (κ3) is 2.54. The second-order valence-electron chi connectivity index (χ2n) is 3.98. The summed E-state index contributed by atoms with van der Waals surface area (Å²) in [4.78, 5) is 12.0. The van der Waals surface area contributed by atoms with Gasteiger partial charge in [-0.05, 0) is 25.5 Å². The fourth-order valence-electron chi connectivity index (χ4n) is 1.59. The minimum Gasteiger partial charge on any atom is -0.321 e. The Balaban J connectivity index is 2.18. The van der Waals surface area contributed by atoms with Gasteiger partial charge in [0, 0.05) is 12.7 Å². The van der Waals surface area contributed by atoms with E-state index in [1.807, 2.05) is 26.0 Å². The highest BCUT2D eigenvalue weighted by Crippen LogP contribution is 2.25. The lowest BCUT2D eigenvalue weighted by Gasteiger charge is -2.07. The maximum Gasteiger partial charge on any atom is 0.258 e. The Hall–Kier alpha value is -1.81. The van der Waals surface area contributed by atoms with E-state index in [0.29, 0.717) is 16.3 Å². The first kappa shape index (κ1) is 12.6. The van der Waals surface area contributed by atoms with Gasteiger partial charge < -0.3 is 5.32 Å². The number of aryl methyl sites for hydroxylation is 2. The monoisotopic (exact) mass is 263 g/mol. The number of nitrogens with zero attached hydrogens (tertiary/aromatic N) is 2. The van der Waals surface area contributed by atoms with Crippen LogP contribution in [0.2, 0.25) is 5.02 Å². The van der Waals surface area contributed by atoms with Gasteiger partial charge in [0.25, 0.3) is 5.91 Å². The molecular formula is C13H14ClN3O. The number of benzene rings is 1. The average molecular weight is 264 g/mol. The lowest BCUT2D eigenvalue weighted by Crippen LogP contribution is -2.11. The van der Waals surface area contributed by atoms with Gasteiger partial charge in [-0.1, -0.05) is 23.7 Å². The van der Waals surface area contributed by atoms with Crippen molar-refractivity contribution in [1.82, 2.24) is 9.78 Å². The summed E-state index contributed by atoms with van der Waals surface area (Å²) in [5, 5.41) is 7.40. The first-order valence-corrected chi connectivity index (χ1v) is 6.08. The highest BCUT2D eigenvalue weighted by atomic mass is 35.5. The number of hydrogen-bond donors (Lipinski definition) is 1. The number of halogens is 1. The van der Waals surface area contributed by atoms with Crippen molar-refractivity contribution < 1.29 is 4.79 Å². The molecule has 18 heavy (non-hydrogen) atoms. The molecule has 0 atom stereocenters. The molecule has 1 heterocycles. The zero-order valence-corrected chi connectivity index (χ0v) is 11.0. The zero-order valence-electron chi connectivity index (χ0n) is 10.3. The van der Waals surface area contributed by atoms with Gasteiger partial charge in [0.2, 0.25) is 0 Å². The molecule has 4 nitrogen and oxygen atoms in total. The molecule has 0 unspecified atom stereocenters. The quantitative estimate of drug-likeness (QED) is 0.925. The Morgan fingerprint density at radius 3 is 2.94 bits per heavy atom. The molecule has 0 saturated carbocycles. The molecule has 0 aliphatic rings. The topological polar surface area (TPSA) is 46.9 Å². The molecule has 1 amide bonds. The highest BCUT2D eigenvalue weighted by Gasteiger charge is 2.11.